The molecule has 0 aliphatic heterocycles. The van der Waals surface area contributed by atoms with Crippen LogP contribution in [0.25, 0.3) is 0 Å². The van der Waals surface area contributed by atoms with Crippen molar-refractivity contribution in [3.63, 3.8) is 0 Å². The van der Waals surface area contributed by atoms with Crippen molar-refractivity contribution in [1.29, 1.82) is 0 Å². The first kappa shape index (κ1) is 17.8. The number of aromatic nitrogens is 2. The summed E-state index contributed by atoms with van der Waals surface area (Å²) < 4.78 is 26.6. The molecule has 0 radical (unpaired) electrons. The maximum Gasteiger partial charge on any atom is 0.291 e. The lowest BCUT2D eigenvalue weighted by atomic mass is 10.2. The Bertz CT molecular complexity index is 876. The average molecular weight is 369 g/mol. The van der Waals surface area contributed by atoms with Crippen LogP contribution in [0.2, 0.25) is 0 Å². The number of nitrogens with one attached hydrogen (secondary N) is 2. The van der Waals surface area contributed by atoms with Crippen LogP contribution in [0.3, 0.4) is 0 Å². The molecule has 0 fully saturated rings. The first-order valence-corrected chi connectivity index (χ1v) is 9.06. The van der Waals surface area contributed by atoms with E-state index < -0.39 is 15.9 Å². The van der Waals surface area contributed by atoms with Gasteiger partial charge in [-0.05, 0) is 12.1 Å². The van der Waals surface area contributed by atoms with Gasteiger partial charge >= 0.3 is 0 Å². The fraction of sp³-hybridized carbons (Fsp3) is 0.231. The summed E-state index contributed by atoms with van der Waals surface area (Å²) in [5.74, 6) is -1.35. The lowest BCUT2D eigenvalue weighted by Crippen LogP contribution is -2.18. The van der Waals surface area contributed by atoms with Gasteiger partial charge in [0.05, 0.1) is 11.3 Å². The van der Waals surface area contributed by atoms with E-state index in [1.165, 1.54) is 12.1 Å². The van der Waals surface area contributed by atoms with Crippen molar-refractivity contribution in [1.82, 2.24) is 10.2 Å². The average Bonchev–Trinajstić information content (AvgIpc) is 2.96. The molecule has 24 heavy (non-hydrogen) atoms. The molecule has 11 heteroatoms. The second kappa shape index (κ2) is 6.93. The molecule has 0 aliphatic rings. The van der Waals surface area contributed by atoms with Gasteiger partial charge in [-0.2, -0.15) is 8.42 Å². The molecule has 2 aromatic rings. The van der Waals surface area contributed by atoms with Crippen LogP contribution in [-0.4, -0.2) is 30.4 Å². The smallest absolute Gasteiger partial charge is 0.291 e. The predicted molar refractivity (Wildman–Crippen MR) is 89.1 cm³/mol. The molecule has 128 valence electrons. The Hall–Kier alpha value is -2.53. The fourth-order valence-electron chi connectivity index (χ4n) is 1.59. The summed E-state index contributed by atoms with van der Waals surface area (Å²) in [5, 5.41) is 9.72. The van der Waals surface area contributed by atoms with Gasteiger partial charge in [0, 0.05) is 5.92 Å². The number of anilines is 2. The minimum atomic E-state index is -4.07. The van der Waals surface area contributed by atoms with E-state index in [4.69, 9.17) is 5.73 Å². The zero-order chi connectivity index (χ0) is 17.9. The van der Waals surface area contributed by atoms with E-state index >= 15 is 0 Å². The summed E-state index contributed by atoms with van der Waals surface area (Å²) in [4.78, 5) is 22.9. The molecule has 9 nitrogen and oxygen atoms in total. The van der Waals surface area contributed by atoms with Crippen LogP contribution in [0, 0.1) is 5.92 Å². The van der Waals surface area contributed by atoms with Crippen LogP contribution < -0.4 is 15.8 Å². The van der Waals surface area contributed by atoms with Crippen LogP contribution >= 0.6 is 11.3 Å². The second-order valence-electron chi connectivity index (χ2n) is 5.03. The van der Waals surface area contributed by atoms with E-state index in [0.717, 1.165) is 0 Å². The van der Waals surface area contributed by atoms with E-state index in [9.17, 15) is 18.0 Å². The number of amides is 2. The molecule has 0 aliphatic carbocycles. The number of para-hydroxylation sites is 1. The van der Waals surface area contributed by atoms with Crippen molar-refractivity contribution in [2.75, 3.05) is 10.0 Å². The Kier molecular flexibility index (Phi) is 5.14. The summed E-state index contributed by atoms with van der Waals surface area (Å²) in [6, 6.07) is 5.91. The van der Waals surface area contributed by atoms with Gasteiger partial charge in [-0.3, -0.25) is 14.3 Å². The minimum Gasteiger partial charge on any atom is -0.366 e. The predicted octanol–water partition coefficient (Wildman–Crippen LogP) is 1.03. The number of hydrogen-bond donors (Lipinski definition) is 3. The molecule has 0 saturated heterocycles. The zero-order valence-corrected chi connectivity index (χ0v) is 14.4. The third-order valence-corrected chi connectivity index (χ3v) is 5.40. The Morgan fingerprint density at radius 1 is 1.21 bits per heavy atom. The maximum atomic E-state index is 12.3. The number of primary amides is 1. The summed E-state index contributed by atoms with van der Waals surface area (Å²) >= 11 is 0.698. The lowest BCUT2D eigenvalue weighted by molar-refractivity contribution is -0.118. The summed E-state index contributed by atoms with van der Waals surface area (Å²) in [7, 11) is -4.07. The van der Waals surface area contributed by atoms with E-state index in [0.29, 0.717) is 11.3 Å². The molecule has 0 unspecified atom stereocenters. The van der Waals surface area contributed by atoms with Gasteiger partial charge < -0.3 is 11.1 Å². The third-order valence-electron chi connectivity index (χ3n) is 2.83. The molecule has 0 atom stereocenters. The standard InChI is InChI=1S/C13H15N5O4S2/c1-7(2)11(20)15-12-16-17-13(23-12)24(21,22)18-9-6-4-3-5-8(9)10(14)19/h3-7,18H,1-2H3,(H2,14,19)(H,15,16,20). The van der Waals surface area contributed by atoms with Crippen molar-refractivity contribution >= 4 is 44.0 Å². The molecular formula is C13H15N5O4S2. The molecule has 0 saturated carbocycles. The van der Waals surface area contributed by atoms with E-state index in [1.54, 1.807) is 26.0 Å². The number of sulfonamides is 1. The Morgan fingerprint density at radius 2 is 1.88 bits per heavy atom. The second-order valence-corrected chi connectivity index (χ2v) is 7.87. The van der Waals surface area contributed by atoms with E-state index in [-0.39, 0.29) is 32.5 Å². The third kappa shape index (κ3) is 4.06. The molecule has 0 bridgehead atoms. The van der Waals surface area contributed by atoms with E-state index in [1.807, 2.05) is 0 Å². The van der Waals surface area contributed by atoms with Crippen LogP contribution in [0.15, 0.2) is 28.6 Å². The van der Waals surface area contributed by atoms with Gasteiger partial charge in [-0.25, -0.2) is 0 Å². The molecule has 1 aromatic heterocycles. The van der Waals surface area contributed by atoms with Gasteiger partial charge in [0.2, 0.25) is 11.0 Å². The number of carbonyl (C=O) groups is 2. The monoisotopic (exact) mass is 369 g/mol. The summed E-state index contributed by atoms with van der Waals surface area (Å²) in [6.07, 6.45) is 0. The molecule has 2 rings (SSSR count). The minimum absolute atomic E-state index is 0.0268. The van der Waals surface area contributed by atoms with E-state index in [2.05, 4.69) is 20.2 Å². The number of rotatable bonds is 6. The van der Waals surface area contributed by atoms with Crippen molar-refractivity contribution < 1.29 is 18.0 Å². The van der Waals surface area contributed by atoms with Crippen molar-refractivity contribution in [2.24, 2.45) is 11.7 Å². The highest BCUT2D eigenvalue weighted by atomic mass is 32.2. The molecule has 2 amide bonds. The number of hydrogen-bond acceptors (Lipinski definition) is 7. The largest absolute Gasteiger partial charge is 0.366 e. The topological polar surface area (TPSA) is 144 Å². The van der Waals surface area contributed by atoms with Gasteiger partial charge in [0.1, 0.15) is 0 Å². The van der Waals surface area contributed by atoms with Crippen LogP contribution in [-0.2, 0) is 14.8 Å². The molecule has 4 N–H and O–H groups in total. The Balaban J connectivity index is 2.25. The Labute approximate surface area is 142 Å². The molecule has 1 heterocycles. The van der Waals surface area contributed by atoms with Crippen LogP contribution in [0.5, 0.6) is 0 Å². The van der Waals surface area contributed by atoms with Gasteiger partial charge in [-0.15, -0.1) is 10.2 Å². The number of nitrogens with two attached hydrogens (primary N) is 1. The van der Waals surface area contributed by atoms with Gasteiger partial charge in [0.15, 0.2) is 0 Å². The zero-order valence-electron chi connectivity index (χ0n) is 12.8. The number of benzene rings is 1. The summed E-state index contributed by atoms with van der Waals surface area (Å²) in [6.45, 7) is 3.38. The molecule has 0 spiro atoms. The first-order chi connectivity index (χ1) is 11.2. The van der Waals surface area contributed by atoms with Crippen molar-refractivity contribution in [3.8, 4) is 0 Å². The SMILES string of the molecule is CC(C)C(=O)Nc1nnc(S(=O)(=O)Nc2ccccc2C(N)=O)s1. The highest BCUT2D eigenvalue weighted by Gasteiger charge is 2.23. The highest BCUT2D eigenvalue weighted by molar-refractivity contribution is 7.94. The lowest BCUT2D eigenvalue weighted by Gasteiger charge is -2.08. The quantitative estimate of drug-likeness (QED) is 0.649. The summed E-state index contributed by atoms with van der Waals surface area (Å²) in [5.41, 5.74) is 5.27. The van der Waals surface area contributed by atoms with Gasteiger partial charge in [0.25, 0.3) is 20.3 Å². The number of nitrogens with zero attached hydrogens (tertiary/aromatic N) is 2. The van der Waals surface area contributed by atoms with Gasteiger partial charge in [-0.1, -0.05) is 37.3 Å². The van der Waals surface area contributed by atoms with Crippen molar-refractivity contribution in [2.45, 2.75) is 18.2 Å². The molecular weight excluding hydrogens is 354 g/mol. The highest BCUT2D eigenvalue weighted by Crippen LogP contribution is 2.24. The maximum absolute atomic E-state index is 12.3. The normalized spacial score (nSPS) is 11.3. The number of carbonyl (C=O) groups excluding carboxylic acids is 2. The fourth-order valence-corrected chi connectivity index (χ4v) is 3.58. The Morgan fingerprint density at radius 3 is 2.50 bits per heavy atom. The van der Waals surface area contributed by atoms with Crippen LogP contribution in [0.1, 0.15) is 24.2 Å². The van der Waals surface area contributed by atoms with Crippen molar-refractivity contribution in [3.05, 3.63) is 29.8 Å². The van der Waals surface area contributed by atoms with Crippen LogP contribution in [0.4, 0.5) is 10.8 Å². The molecule has 1 aromatic carbocycles. The first-order valence-electron chi connectivity index (χ1n) is 6.76.